The maximum absolute atomic E-state index is 9.67. The van der Waals surface area contributed by atoms with Gasteiger partial charge >= 0.3 is 0 Å². The molecule has 2 N–H and O–H groups in total. The first kappa shape index (κ1) is 11.9. The van der Waals surface area contributed by atoms with Crippen LogP contribution in [0.25, 0.3) is 0 Å². The monoisotopic (exact) mass is 210 g/mol. The van der Waals surface area contributed by atoms with E-state index in [0.29, 0.717) is 5.75 Å². The van der Waals surface area contributed by atoms with Crippen molar-refractivity contribution < 1.29 is 14.9 Å². The molecule has 3 nitrogen and oxygen atoms in total. The number of aromatic hydroxyl groups is 1. The van der Waals surface area contributed by atoms with E-state index in [9.17, 15) is 10.2 Å². The molecule has 0 aliphatic rings. The Morgan fingerprint density at radius 2 is 1.93 bits per heavy atom. The van der Waals surface area contributed by atoms with Crippen LogP contribution in [0.3, 0.4) is 0 Å². The van der Waals surface area contributed by atoms with Crippen LogP contribution in [0, 0.1) is 6.92 Å². The molecule has 0 aliphatic carbocycles. The van der Waals surface area contributed by atoms with Gasteiger partial charge in [0, 0.05) is 11.0 Å². The summed E-state index contributed by atoms with van der Waals surface area (Å²) in [5, 5.41) is 19.0. The number of rotatable bonds is 3. The van der Waals surface area contributed by atoms with Gasteiger partial charge in [0.15, 0.2) is 11.5 Å². The van der Waals surface area contributed by atoms with Crippen LogP contribution in [0.5, 0.6) is 11.5 Å². The van der Waals surface area contributed by atoms with Gasteiger partial charge in [-0.05, 0) is 18.6 Å². The molecule has 0 amide bonds. The molecule has 0 radical (unpaired) electrons. The van der Waals surface area contributed by atoms with E-state index in [-0.39, 0.29) is 12.4 Å². The van der Waals surface area contributed by atoms with Crippen LogP contribution in [0.15, 0.2) is 12.1 Å². The van der Waals surface area contributed by atoms with Crippen molar-refractivity contribution in [2.75, 3.05) is 13.7 Å². The molecular formula is C12H18O3. The Morgan fingerprint density at radius 3 is 2.40 bits per heavy atom. The third-order valence-electron chi connectivity index (χ3n) is 2.62. The average molecular weight is 210 g/mol. The highest BCUT2D eigenvalue weighted by Crippen LogP contribution is 2.39. The van der Waals surface area contributed by atoms with Gasteiger partial charge in [-0.3, -0.25) is 0 Å². The van der Waals surface area contributed by atoms with Gasteiger partial charge in [0.1, 0.15) is 0 Å². The molecule has 0 heterocycles. The number of phenolic OH excluding ortho intramolecular Hbond substituents is 1. The Bertz CT molecular complexity index is 356. The minimum Gasteiger partial charge on any atom is -0.504 e. The van der Waals surface area contributed by atoms with Crippen molar-refractivity contribution in [2.45, 2.75) is 26.2 Å². The zero-order valence-electron chi connectivity index (χ0n) is 9.66. The molecule has 0 aliphatic heterocycles. The number of aryl methyl sites for hydroxylation is 1. The second kappa shape index (κ2) is 4.11. The molecule has 1 aromatic carbocycles. The number of phenols is 1. The number of ether oxygens (including phenoxy) is 1. The molecule has 0 fully saturated rings. The lowest BCUT2D eigenvalue weighted by molar-refractivity contribution is 0.213. The van der Waals surface area contributed by atoms with E-state index < -0.39 is 5.41 Å². The van der Waals surface area contributed by atoms with Crippen molar-refractivity contribution >= 4 is 0 Å². The predicted octanol–water partition coefficient (Wildman–Crippen LogP) is 1.98. The van der Waals surface area contributed by atoms with Crippen molar-refractivity contribution in [3.05, 3.63) is 23.3 Å². The first-order chi connectivity index (χ1) is 6.94. The number of hydrogen-bond donors (Lipinski definition) is 2. The fourth-order valence-electron chi connectivity index (χ4n) is 1.80. The summed E-state index contributed by atoms with van der Waals surface area (Å²) in [7, 11) is 1.52. The molecule has 0 saturated heterocycles. The second-order valence-electron chi connectivity index (χ2n) is 4.35. The maximum atomic E-state index is 9.67. The third-order valence-corrected chi connectivity index (χ3v) is 2.62. The molecule has 1 aromatic rings. The molecule has 3 heteroatoms. The molecule has 1 rings (SSSR count). The summed E-state index contributed by atoms with van der Waals surface area (Å²) >= 11 is 0. The fraction of sp³-hybridized carbons (Fsp3) is 0.500. The summed E-state index contributed by atoms with van der Waals surface area (Å²) in [5.41, 5.74) is 1.44. The Balaban J connectivity index is 3.44. The maximum Gasteiger partial charge on any atom is 0.164 e. The van der Waals surface area contributed by atoms with Crippen molar-refractivity contribution in [1.82, 2.24) is 0 Å². The van der Waals surface area contributed by atoms with Crippen LogP contribution in [0.1, 0.15) is 25.0 Å². The Kier molecular flexibility index (Phi) is 3.25. The molecule has 0 aromatic heterocycles. The van der Waals surface area contributed by atoms with Gasteiger partial charge < -0.3 is 14.9 Å². The van der Waals surface area contributed by atoms with Crippen LogP contribution in [0.4, 0.5) is 0 Å². The van der Waals surface area contributed by atoms with Crippen LogP contribution in [0.2, 0.25) is 0 Å². The van der Waals surface area contributed by atoms with E-state index in [1.165, 1.54) is 7.11 Å². The number of aliphatic hydroxyl groups is 1. The van der Waals surface area contributed by atoms with Crippen molar-refractivity contribution in [3.63, 3.8) is 0 Å². The lowest BCUT2D eigenvalue weighted by atomic mass is 9.82. The van der Waals surface area contributed by atoms with Crippen LogP contribution in [-0.4, -0.2) is 23.9 Å². The molecule has 15 heavy (non-hydrogen) atoms. The first-order valence-electron chi connectivity index (χ1n) is 4.92. The number of methoxy groups -OCH3 is 1. The summed E-state index contributed by atoms with van der Waals surface area (Å²) in [5.74, 6) is 0.564. The molecule has 0 atom stereocenters. The third kappa shape index (κ3) is 2.07. The van der Waals surface area contributed by atoms with Crippen molar-refractivity contribution in [1.29, 1.82) is 0 Å². The van der Waals surface area contributed by atoms with Crippen molar-refractivity contribution in [2.24, 2.45) is 0 Å². The minimum atomic E-state index is -0.422. The number of aliphatic hydroxyl groups excluding tert-OH is 1. The zero-order valence-corrected chi connectivity index (χ0v) is 9.66. The van der Waals surface area contributed by atoms with Gasteiger partial charge in [0.2, 0.25) is 0 Å². The number of benzene rings is 1. The average Bonchev–Trinajstić information content (AvgIpc) is 2.20. The van der Waals surface area contributed by atoms with E-state index >= 15 is 0 Å². The van der Waals surface area contributed by atoms with Gasteiger partial charge in [-0.15, -0.1) is 0 Å². The van der Waals surface area contributed by atoms with Gasteiger partial charge in [-0.25, -0.2) is 0 Å². The second-order valence-corrected chi connectivity index (χ2v) is 4.35. The normalized spacial score (nSPS) is 11.5. The van der Waals surface area contributed by atoms with Gasteiger partial charge in [0.05, 0.1) is 13.7 Å². The highest BCUT2D eigenvalue weighted by Gasteiger charge is 2.27. The fourth-order valence-corrected chi connectivity index (χ4v) is 1.80. The highest BCUT2D eigenvalue weighted by molar-refractivity contribution is 5.52. The quantitative estimate of drug-likeness (QED) is 0.802. The standard InChI is InChI=1S/C12H18O3/c1-8-5-6-9(14)11(15-4)10(8)12(2,3)7-13/h5-6,13-14H,7H2,1-4H3. The lowest BCUT2D eigenvalue weighted by Crippen LogP contribution is -2.24. The molecule has 0 saturated carbocycles. The van der Waals surface area contributed by atoms with Crippen LogP contribution >= 0.6 is 0 Å². The largest absolute Gasteiger partial charge is 0.504 e. The minimum absolute atomic E-state index is 0.00759. The molecular weight excluding hydrogens is 192 g/mol. The Morgan fingerprint density at radius 1 is 1.33 bits per heavy atom. The number of hydrogen-bond acceptors (Lipinski definition) is 3. The summed E-state index contributed by atoms with van der Waals surface area (Å²) in [6.45, 7) is 5.77. The topological polar surface area (TPSA) is 49.7 Å². The molecule has 84 valence electrons. The zero-order chi connectivity index (χ0) is 11.6. The van der Waals surface area contributed by atoms with E-state index in [1.54, 1.807) is 6.07 Å². The molecule has 0 bridgehead atoms. The van der Waals surface area contributed by atoms with Gasteiger partial charge in [-0.1, -0.05) is 19.9 Å². The van der Waals surface area contributed by atoms with E-state index in [4.69, 9.17) is 4.74 Å². The Hall–Kier alpha value is -1.22. The van der Waals surface area contributed by atoms with E-state index in [1.807, 2.05) is 26.8 Å². The van der Waals surface area contributed by atoms with Gasteiger partial charge in [-0.2, -0.15) is 0 Å². The first-order valence-corrected chi connectivity index (χ1v) is 4.92. The molecule has 0 spiro atoms. The predicted molar refractivity (Wildman–Crippen MR) is 59.5 cm³/mol. The SMILES string of the molecule is COc1c(O)ccc(C)c1C(C)(C)CO. The lowest BCUT2D eigenvalue weighted by Gasteiger charge is -2.27. The highest BCUT2D eigenvalue weighted by atomic mass is 16.5. The van der Waals surface area contributed by atoms with Gasteiger partial charge in [0.25, 0.3) is 0 Å². The van der Waals surface area contributed by atoms with E-state index in [2.05, 4.69) is 0 Å². The van der Waals surface area contributed by atoms with Crippen LogP contribution in [-0.2, 0) is 5.41 Å². The summed E-state index contributed by atoms with van der Waals surface area (Å²) < 4.78 is 5.18. The smallest absolute Gasteiger partial charge is 0.164 e. The summed E-state index contributed by atoms with van der Waals surface area (Å²) in [4.78, 5) is 0. The summed E-state index contributed by atoms with van der Waals surface area (Å²) in [6, 6.07) is 3.43. The summed E-state index contributed by atoms with van der Waals surface area (Å²) in [6.07, 6.45) is 0. The van der Waals surface area contributed by atoms with Crippen molar-refractivity contribution in [3.8, 4) is 11.5 Å². The molecule has 0 unspecified atom stereocenters. The Labute approximate surface area is 90.3 Å². The van der Waals surface area contributed by atoms with E-state index in [0.717, 1.165) is 11.1 Å². The van der Waals surface area contributed by atoms with Crippen LogP contribution < -0.4 is 4.74 Å².